The molecule has 2 heterocycles. The maximum absolute atomic E-state index is 13.4. The minimum atomic E-state index is -1.72. The average Bonchev–Trinajstić information content (AvgIpc) is 3.27. The molecule has 9 nitrogen and oxygen atoms in total. The quantitative estimate of drug-likeness (QED) is 0.377. The second-order valence-electron chi connectivity index (χ2n) is 11.5. The van der Waals surface area contributed by atoms with Crippen LogP contribution in [0.5, 0.6) is 0 Å². The summed E-state index contributed by atoms with van der Waals surface area (Å²) in [6.07, 6.45) is 1.32. The molecule has 0 spiro atoms. The first-order chi connectivity index (χ1) is 16.9. The molecule has 1 aromatic rings. The van der Waals surface area contributed by atoms with Crippen molar-refractivity contribution in [3.8, 4) is 0 Å². The van der Waals surface area contributed by atoms with Crippen LogP contribution in [0.15, 0.2) is 41.6 Å². The molecule has 3 aliphatic rings. The fourth-order valence-electron chi connectivity index (χ4n) is 5.45. The van der Waals surface area contributed by atoms with Gasteiger partial charge in [-0.25, -0.2) is 10.2 Å². The third-order valence-electron chi connectivity index (χ3n) is 8.05. The zero-order valence-electron chi connectivity index (χ0n) is 22.1. The van der Waals surface area contributed by atoms with Crippen molar-refractivity contribution in [1.82, 2.24) is 21.1 Å². The Balaban J connectivity index is 1.48. The molecule has 2 aliphatic heterocycles. The summed E-state index contributed by atoms with van der Waals surface area (Å²) in [5, 5.41) is 2.98. The zero-order chi connectivity index (χ0) is 26.3. The van der Waals surface area contributed by atoms with Gasteiger partial charge < -0.3 is 20.2 Å². The van der Waals surface area contributed by atoms with Gasteiger partial charge in [0.2, 0.25) is 5.91 Å². The molecule has 196 valence electrons. The Kier molecular flexibility index (Phi) is 6.95. The van der Waals surface area contributed by atoms with Gasteiger partial charge in [0.1, 0.15) is 12.8 Å². The summed E-state index contributed by atoms with van der Waals surface area (Å²) < 4.78 is 11.0. The molecule has 10 heteroatoms. The molecule has 1 saturated carbocycles. The summed E-state index contributed by atoms with van der Waals surface area (Å²) in [6, 6.07) is 9.23. The molecule has 0 aromatic heterocycles. The maximum atomic E-state index is 13.4. The molecule has 0 bridgehead atoms. The lowest BCUT2D eigenvalue weighted by molar-refractivity contribution is -0.144. The summed E-state index contributed by atoms with van der Waals surface area (Å²) in [5.41, 5.74) is 8.24. The Bertz CT molecular complexity index is 1060. The highest BCUT2D eigenvalue weighted by molar-refractivity contribution is 6.82. The normalized spacial score (nSPS) is 22.7. The smallest absolute Gasteiger partial charge is 0.411 e. The minimum absolute atomic E-state index is 0.0657. The van der Waals surface area contributed by atoms with E-state index in [4.69, 9.17) is 9.47 Å². The van der Waals surface area contributed by atoms with E-state index >= 15 is 0 Å². The standard InChI is InChI=1S/C26H38N4O5Si/c1-17(31)34-16-20(18-11-8-7-9-12-18)35-24(33)30-15-19-21(25(30,2)3)28-29-22(19)27-23(32)26(13-10-14-26)36(4,5)6/h7-9,11-12,20,22,28-29H,10,13-16H2,1-6H3,(H,27,32)/t20-,22?/m1/s1. The second kappa shape index (κ2) is 9.55. The van der Waals surface area contributed by atoms with Gasteiger partial charge in [-0.3, -0.25) is 14.5 Å². The number of hydrogen-bond donors (Lipinski definition) is 3. The third kappa shape index (κ3) is 4.64. The Morgan fingerprint density at radius 2 is 1.83 bits per heavy atom. The number of nitrogens with zero attached hydrogens (tertiary/aromatic N) is 1. The van der Waals surface area contributed by atoms with E-state index in [0.29, 0.717) is 6.54 Å². The largest absolute Gasteiger partial charge is 0.462 e. The minimum Gasteiger partial charge on any atom is -0.462 e. The highest BCUT2D eigenvalue weighted by atomic mass is 28.3. The van der Waals surface area contributed by atoms with Crippen molar-refractivity contribution in [3.63, 3.8) is 0 Å². The molecule has 1 aromatic carbocycles. The first-order valence-corrected chi connectivity index (χ1v) is 16.1. The van der Waals surface area contributed by atoms with Crippen LogP contribution in [-0.4, -0.2) is 55.8 Å². The molecule has 4 rings (SSSR count). The molecular weight excluding hydrogens is 476 g/mol. The summed E-state index contributed by atoms with van der Waals surface area (Å²) in [4.78, 5) is 39.9. The van der Waals surface area contributed by atoms with E-state index in [9.17, 15) is 14.4 Å². The Morgan fingerprint density at radius 3 is 2.39 bits per heavy atom. The highest BCUT2D eigenvalue weighted by Crippen LogP contribution is 2.55. The molecule has 0 saturated heterocycles. The molecule has 1 fully saturated rings. The first kappa shape index (κ1) is 26.2. The molecular formula is C26H38N4O5Si. The molecule has 1 aliphatic carbocycles. The monoisotopic (exact) mass is 514 g/mol. The third-order valence-corrected chi connectivity index (χ3v) is 11.7. The van der Waals surface area contributed by atoms with Gasteiger partial charge in [-0.2, -0.15) is 0 Å². The van der Waals surface area contributed by atoms with Crippen LogP contribution < -0.4 is 16.2 Å². The lowest BCUT2D eigenvalue weighted by Crippen LogP contribution is -2.59. The molecule has 36 heavy (non-hydrogen) atoms. The molecule has 2 amide bonds. The number of nitrogens with one attached hydrogen (secondary N) is 3. The van der Waals surface area contributed by atoms with Gasteiger partial charge >= 0.3 is 12.1 Å². The van der Waals surface area contributed by atoms with Crippen LogP contribution in [0.3, 0.4) is 0 Å². The highest BCUT2D eigenvalue weighted by Gasteiger charge is 2.55. The zero-order valence-corrected chi connectivity index (χ0v) is 23.1. The summed E-state index contributed by atoms with van der Waals surface area (Å²) in [5.74, 6) is -0.337. The predicted molar refractivity (Wildman–Crippen MR) is 138 cm³/mol. The van der Waals surface area contributed by atoms with E-state index in [-0.39, 0.29) is 17.6 Å². The van der Waals surface area contributed by atoms with Crippen LogP contribution in [0.1, 0.15) is 51.7 Å². The number of carbonyl (C=O) groups excluding carboxylic acids is 3. The van der Waals surface area contributed by atoms with Crippen LogP contribution in [0.2, 0.25) is 24.7 Å². The van der Waals surface area contributed by atoms with Gasteiger partial charge in [-0.05, 0) is 32.3 Å². The van der Waals surface area contributed by atoms with Gasteiger partial charge in [0, 0.05) is 17.5 Å². The van der Waals surface area contributed by atoms with E-state index in [1.165, 1.54) is 6.92 Å². The van der Waals surface area contributed by atoms with Gasteiger partial charge in [-0.1, -0.05) is 56.4 Å². The maximum Gasteiger partial charge on any atom is 0.411 e. The average molecular weight is 515 g/mol. The van der Waals surface area contributed by atoms with Crippen LogP contribution in [0, 0.1) is 0 Å². The van der Waals surface area contributed by atoms with Gasteiger partial charge in [0.15, 0.2) is 6.10 Å². The summed E-state index contributed by atoms with van der Waals surface area (Å²) >= 11 is 0. The van der Waals surface area contributed by atoms with E-state index in [2.05, 4.69) is 35.8 Å². The second-order valence-corrected chi connectivity index (χ2v) is 16.9. The van der Waals surface area contributed by atoms with Crippen LogP contribution in [0.4, 0.5) is 4.79 Å². The van der Waals surface area contributed by atoms with E-state index in [0.717, 1.165) is 36.1 Å². The van der Waals surface area contributed by atoms with Crippen LogP contribution in [0.25, 0.3) is 0 Å². The number of hydrazine groups is 1. The number of rotatable bonds is 7. The number of hydrogen-bond acceptors (Lipinski definition) is 7. The van der Waals surface area contributed by atoms with E-state index < -0.39 is 37.9 Å². The van der Waals surface area contributed by atoms with Crippen molar-refractivity contribution in [2.24, 2.45) is 0 Å². The Hall–Kier alpha value is -2.85. The van der Waals surface area contributed by atoms with Gasteiger partial charge in [-0.15, -0.1) is 0 Å². The lowest BCUT2D eigenvalue weighted by atomic mass is 9.83. The lowest BCUT2D eigenvalue weighted by Gasteiger charge is -2.49. The molecule has 3 N–H and O–H groups in total. The number of ether oxygens (including phenoxy) is 2. The summed E-state index contributed by atoms with van der Waals surface area (Å²) in [7, 11) is -1.72. The van der Waals surface area contributed by atoms with Crippen molar-refractivity contribution in [2.45, 2.75) is 82.5 Å². The van der Waals surface area contributed by atoms with E-state index in [1.807, 2.05) is 44.2 Å². The number of benzene rings is 1. The molecule has 1 unspecified atom stereocenters. The number of amides is 2. The fourth-order valence-corrected chi connectivity index (χ4v) is 8.06. The number of carbonyl (C=O) groups is 3. The van der Waals surface area contributed by atoms with Crippen molar-refractivity contribution in [3.05, 3.63) is 47.2 Å². The van der Waals surface area contributed by atoms with Crippen molar-refractivity contribution in [2.75, 3.05) is 13.2 Å². The Labute approximate surface area is 213 Å². The van der Waals surface area contributed by atoms with Crippen molar-refractivity contribution in [1.29, 1.82) is 0 Å². The van der Waals surface area contributed by atoms with Gasteiger partial charge in [0.25, 0.3) is 0 Å². The van der Waals surface area contributed by atoms with Gasteiger partial charge in [0.05, 0.1) is 25.9 Å². The topological polar surface area (TPSA) is 109 Å². The molecule has 2 atom stereocenters. The van der Waals surface area contributed by atoms with Crippen molar-refractivity contribution < 1.29 is 23.9 Å². The SMILES string of the molecule is CC(=O)OC[C@@H](OC(=O)N1CC2=C(NNC2NC(=O)C2([Si](C)(C)C)CCC2)C1(C)C)c1ccccc1. The Morgan fingerprint density at radius 1 is 1.17 bits per heavy atom. The molecule has 0 radical (unpaired) electrons. The van der Waals surface area contributed by atoms with Crippen molar-refractivity contribution >= 4 is 26.0 Å². The fraction of sp³-hybridized carbons (Fsp3) is 0.577. The van der Waals surface area contributed by atoms with E-state index in [1.54, 1.807) is 4.90 Å². The van der Waals surface area contributed by atoms with Crippen LogP contribution >= 0.6 is 0 Å². The summed E-state index contributed by atoms with van der Waals surface area (Å²) in [6.45, 7) is 12.2. The van der Waals surface area contributed by atoms with Crippen LogP contribution in [-0.2, 0) is 19.1 Å². The first-order valence-electron chi connectivity index (χ1n) is 12.6. The predicted octanol–water partition coefficient (Wildman–Crippen LogP) is 3.59. The number of esters is 1.